The minimum Gasteiger partial charge on any atom is -0.396 e. The molecule has 1 saturated carbocycles. The summed E-state index contributed by atoms with van der Waals surface area (Å²) in [5.74, 6) is 1.20. The summed E-state index contributed by atoms with van der Waals surface area (Å²) in [5, 5.41) is 9.70. The molecule has 1 aliphatic heterocycles. The van der Waals surface area contributed by atoms with Crippen LogP contribution in [0.15, 0.2) is 12.4 Å². The van der Waals surface area contributed by atoms with E-state index in [4.69, 9.17) is 0 Å². The van der Waals surface area contributed by atoms with E-state index in [1.54, 1.807) is 12.4 Å². The Labute approximate surface area is 119 Å². The third-order valence-electron chi connectivity index (χ3n) is 4.91. The van der Waals surface area contributed by atoms with Crippen molar-refractivity contribution in [2.75, 3.05) is 19.7 Å². The van der Waals surface area contributed by atoms with Gasteiger partial charge in [0.1, 0.15) is 5.82 Å². The van der Waals surface area contributed by atoms with E-state index < -0.39 is 0 Å². The Morgan fingerprint density at radius 3 is 2.85 bits per heavy atom. The van der Waals surface area contributed by atoms with Crippen molar-refractivity contribution in [1.82, 2.24) is 14.9 Å². The smallest absolute Gasteiger partial charge is 0.257 e. The van der Waals surface area contributed by atoms with Crippen LogP contribution in [0.5, 0.6) is 0 Å². The van der Waals surface area contributed by atoms with E-state index in [-0.39, 0.29) is 17.9 Å². The lowest BCUT2D eigenvalue weighted by molar-refractivity contribution is 0.0733. The summed E-state index contributed by atoms with van der Waals surface area (Å²) < 4.78 is 0. The van der Waals surface area contributed by atoms with Gasteiger partial charge in [-0.25, -0.2) is 9.97 Å². The Balaban J connectivity index is 1.75. The van der Waals surface area contributed by atoms with Crippen molar-refractivity contribution in [3.63, 3.8) is 0 Å². The molecule has 2 fully saturated rings. The summed E-state index contributed by atoms with van der Waals surface area (Å²) in [6.45, 7) is 3.60. The number of carbonyl (C=O) groups is 1. The number of rotatable bonds is 3. The first-order chi connectivity index (χ1) is 9.68. The molecule has 2 unspecified atom stereocenters. The summed E-state index contributed by atoms with van der Waals surface area (Å²) >= 11 is 0. The van der Waals surface area contributed by atoms with Crippen LogP contribution < -0.4 is 0 Å². The van der Waals surface area contributed by atoms with E-state index in [2.05, 4.69) is 9.97 Å². The average Bonchev–Trinajstić information content (AvgIpc) is 3.03. The molecule has 108 valence electrons. The topological polar surface area (TPSA) is 66.3 Å². The number of likely N-dealkylation sites (tertiary alicyclic amines) is 1. The lowest BCUT2D eigenvalue weighted by atomic mass is 9.82. The summed E-state index contributed by atoms with van der Waals surface area (Å²) in [5.41, 5.74) is 0.495. The largest absolute Gasteiger partial charge is 0.396 e. The highest BCUT2D eigenvalue weighted by molar-refractivity contribution is 5.93. The number of nitrogens with zero attached hydrogens (tertiary/aromatic N) is 3. The van der Waals surface area contributed by atoms with E-state index in [0.29, 0.717) is 18.0 Å². The van der Waals surface area contributed by atoms with Gasteiger partial charge in [0.25, 0.3) is 5.91 Å². The van der Waals surface area contributed by atoms with E-state index in [0.717, 1.165) is 31.6 Å². The molecule has 5 heteroatoms. The molecule has 1 amide bonds. The highest BCUT2D eigenvalue weighted by atomic mass is 16.3. The van der Waals surface area contributed by atoms with Gasteiger partial charge in [-0.05, 0) is 18.8 Å². The van der Waals surface area contributed by atoms with Gasteiger partial charge in [-0.2, -0.15) is 0 Å². The van der Waals surface area contributed by atoms with Crippen molar-refractivity contribution >= 4 is 5.91 Å². The third kappa shape index (κ3) is 2.10. The molecule has 1 saturated heterocycles. The molecule has 1 aromatic rings. The molecule has 0 bridgehead atoms. The molecule has 0 aromatic carbocycles. The van der Waals surface area contributed by atoms with Crippen LogP contribution >= 0.6 is 0 Å². The number of aliphatic hydroxyl groups is 1. The molecule has 3 rings (SSSR count). The third-order valence-corrected chi connectivity index (χ3v) is 4.91. The fourth-order valence-electron chi connectivity index (χ4n) is 3.66. The zero-order valence-electron chi connectivity index (χ0n) is 11.9. The maximum atomic E-state index is 12.5. The Kier molecular flexibility index (Phi) is 3.46. The van der Waals surface area contributed by atoms with Gasteiger partial charge in [-0.15, -0.1) is 0 Å². The van der Waals surface area contributed by atoms with Gasteiger partial charge < -0.3 is 10.0 Å². The molecular formula is C15H21N3O2. The molecule has 2 aliphatic rings. The molecule has 5 nitrogen and oxygen atoms in total. The monoisotopic (exact) mass is 275 g/mol. The Morgan fingerprint density at radius 1 is 1.50 bits per heavy atom. The second-order valence-electron chi connectivity index (χ2n) is 6.04. The van der Waals surface area contributed by atoms with Crippen LogP contribution in [0, 0.1) is 11.3 Å². The maximum absolute atomic E-state index is 12.5. The predicted octanol–water partition coefficient (Wildman–Crippen LogP) is 1.27. The summed E-state index contributed by atoms with van der Waals surface area (Å²) in [4.78, 5) is 22.7. The van der Waals surface area contributed by atoms with Gasteiger partial charge in [0, 0.05) is 37.3 Å². The van der Waals surface area contributed by atoms with Gasteiger partial charge in [-0.3, -0.25) is 4.79 Å². The molecule has 0 radical (unpaired) electrons. The number of aryl methyl sites for hydroxylation is 1. The molecule has 0 spiro atoms. The van der Waals surface area contributed by atoms with Crippen LogP contribution in [0.3, 0.4) is 0 Å². The van der Waals surface area contributed by atoms with Gasteiger partial charge >= 0.3 is 0 Å². The highest BCUT2D eigenvalue weighted by Gasteiger charge is 2.50. The minimum absolute atomic E-state index is 0.00474. The standard InChI is InChI=1S/C15H21N3O2/c1-2-13-16-6-11(7-17-13)14(20)18-8-12-4-3-5-15(12,9-18)10-19/h6-7,12,19H,2-5,8-10H2,1H3. The summed E-state index contributed by atoms with van der Waals surface area (Å²) in [6, 6.07) is 0. The van der Waals surface area contributed by atoms with Gasteiger partial charge in [-0.1, -0.05) is 13.3 Å². The number of hydrogen-bond acceptors (Lipinski definition) is 4. The Bertz CT molecular complexity index is 502. The second kappa shape index (κ2) is 5.13. The molecule has 1 N–H and O–H groups in total. The van der Waals surface area contributed by atoms with Crippen LogP contribution in [-0.2, 0) is 6.42 Å². The fraction of sp³-hybridized carbons (Fsp3) is 0.667. The van der Waals surface area contributed by atoms with Crippen molar-refractivity contribution in [2.24, 2.45) is 11.3 Å². The number of aliphatic hydroxyl groups excluding tert-OH is 1. The van der Waals surface area contributed by atoms with Crippen molar-refractivity contribution < 1.29 is 9.90 Å². The summed E-state index contributed by atoms with van der Waals surface area (Å²) in [6.07, 6.45) is 7.33. The lowest BCUT2D eigenvalue weighted by Gasteiger charge is -2.25. The number of carbonyl (C=O) groups excluding carboxylic acids is 1. The van der Waals surface area contributed by atoms with Crippen molar-refractivity contribution in [2.45, 2.75) is 32.6 Å². The zero-order chi connectivity index (χ0) is 14.2. The first kappa shape index (κ1) is 13.5. The van der Waals surface area contributed by atoms with Crippen LogP contribution in [0.2, 0.25) is 0 Å². The quantitative estimate of drug-likeness (QED) is 0.902. The molecule has 2 heterocycles. The first-order valence-electron chi connectivity index (χ1n) is 7.39. The molecule has 2 atom stereocenters. The second-order valence-corrected chi connectivity index (χ2v) is 6.04. The van der Waals surface area contributed by atoms with Crippen molar-refractivity contribution in [3.05, 3.63) is 23.8 Å². The average molecular weight is 275 g/mol. The van der Waals surface area contributed by atoms with E-state index in [1.165, 1.54) is 6.42 Å². The zero-order valence-corrected chi connectivity index (χ0v) is 11.9. The fourth-order valence-corrected chi connectivity index (χ4v) is 3.66. The lowest BCUT2D eigenvalue weighted by Crippen LogP contribution is -2.34. The van der Waals surface area contributed by atoms with E-state index in [1.807, 2.05) is 11.8 Å². The van der Waals surface area contributed by atoms with Crippen LogP contribution in [0.1, 0.15) is 42.4 Å². The number of fused-ring (bicyclic) bond motifs is 1. The van der Waals surface area contributed by atoms with Crippen molar-refractivity contribution in [1.29, 1.82) is 0 Å². The van der Waals surface area contributed by atoms with E-state index >= 15 is 0 Å². The minimum atomic E-state index is -0.0557. The summed E-state index contributed by atoms with van der Waals surface area (Å²) in [7, 11) is 0. The molecule has 1 aromatic heterocycles. The van der Waals surface area contributed by atoms with Gasteiger partial charge in [0.2, 0.25) is 0 Å². The van der Waals surface area contributed by atoms with Crippen molar-refractivity contribution in [3.8, 4) is 0 Å². The van der Waals surface area contributed by atoms with Crippen LogP contribution in [0.4, 0.5) is 0 Å². The van der Waals surface area contributed by atoms with Crippen LogP contribution in [0.25, 0.3) is 0 Å². The van der Waals surface area contributed by atoms with Gasteiger partial charge in [0.15, 0.2) is 0 Å². The highest BCUT2D eigenvalue weighted by Crippen LogP contribution is 2.48. The normalized spacial score (nSPS) is 28.7. The molecule has 1 aliphatic carbocycles. The number of aromatic nitrogens is 2. The Hall–Kier alpha value is -1.49. The Morgan fingerprint density at radius 2 is 2.25 bits per heavy atom. The van der Waals surface area contributed by atoms with E-state index in [9.17, 15) is 9.90 Å². The first-order valence-corrected chi connectivity index (χ1v) is 7.39. The number of amides is 1. The SMILES string of the molecule is CCc1ncc(C(=O)N2CC3CCCC3(CO)C2)cn1. The molecule has 20 heavy (non-hydrogen) atoms. The molecular weight excluding hydrogens is 254 g/mol. The number of hydrogen-bond donors (Lipinski definition) is 1. The van der Waals surface area contributed by atoms with Crippen LogP contribution in [-0.4, -0.2) is 45.6 Å². The maximum Gasteiger partial charge on any atom is 0.257 e. The predicted molar refractivity (Wildman–Crippen MR) is 74.2 cm³/mol. The van der Waals surface area contributed by atoms with Gasteiger partial charge in [0.05, 0.1) is 12.2 Å².